The predicted molar refractivity (Wildman–Crippen MR) is 110 cm³/mol. The molecular formula is C21H29N3O4S. The van der Waals surface area contributed by atoms with Crippen LogP contribution in [0.25, 0.3) is 11.3 Å². The van der Waals surface area contributed by atoms with E-state index < -0.39 is 10.0 Å². The average Bonchev–Trinajstić information content (AvgIpc) is 3.20. The molecule has 0 N–H and O–H groups in total. The Morgan fingerprint density at radius 2 is 1.79 bits per heavy atom. The minimum absolute atomic E-state index is 0.183. The average molecular weight is 420 g/mol. The maximum absolute atomic E-state index is 13.4. The highest BCUT2D eigenvalue weighted by molar-refractivity contribution is 7.89. The number of sulfonamides is 1. The number of ether oxygens (including phenoxy) is 1. The van der Waals surface area contributed by atoms with Crippen LogP contribution >= 0.6 is 0 Å². The lowest BCUT2D eigenvalue weighted by atomic mass is 10.0. The molecule has 2 aliphatic heterocycles. The highest BCUT2D eigenvalue weighted by Crippen LogP contribution is 2.33. The van der Waals surface area contributed by atoms with Crippen LogP contribution in [0.2, 0.25) is 0 Å². The zero-order valence-electron chi connectivity index (χ0n) is 17.1. The van der Waals surface area contributed by atoms with E-state index in [0.717, 1.165) is 31.6 Å². The lowest BCUT2D eigenvalue weighted by Crippen LogP contribution is -2.48. The molecule has 0 spiro atoms. The maximum Gasteiger partial charge on any atom is 0.246 e. The number of nitrogens with zero attached hydrogens (tertiary/aromatic N) is 3. The molecule has 0 aliphatic carbocycles. The van der Waals surface area contributed by atoms with Gasteiger partial charge < -0.3 is 14.2 Å². The number of hydrogen-bond donors (Lipinski definition) is 0. The van der Waals surface area contributed by atoms with E-state index in [4.69, 9.17) is 9.26 Å². The van der Waals surface area contributed by atoms with Crippen LogP contribution in [0.15, 0.2) is 33.7 Å². The summed E-state index contributed by atoms with van der Waals surface area (Å²) in [5.41, 5.74) is 1.42. The third-order valence-electron chi connectivity index (χ3n) is 6.02. The summed E-state index contributed by atoms with van der Waals surface area (Å²) < 4.78 is 39.1. The maximum atomic E-state index is 13.4. The van der Waals surface area contributed by atoms with Gasteiger partial charge in [0.2, 0.25) is 10.0 Å². The van der Waals surface area contributed by atoms with Crippen molar-refractivity contribution < 1.29 is 17.7 Å². The van der Waals surface area contributed by atoms with E-state index in [-0.39, 0.29) is 4.90 Å². The molecule has 0 atom stereocenters. The Labute approximate surface area is 172 Å². The van der Waals surface area contributed by atoms with E-state index in [1.54, 1.807) is 28.6 Å². The molecule has 7 nitrogen and oxygen atoms in total. The smallest absolute Gasteiger partial charge is 0.246 e. The third kappa shape index (κ3) is 4.20. The molecule has 2 aromatic rings. The van der Waals surface area contributed by atoms with Gasteiger partial charge in [-0.2, -0.15) is 4.31 Å². The normalized spacial score (nSPS) is 20.1. The summed E-state index contributed by atoms with van der Waals surface area (Å²) in [5.74, 6) is 0.897. The van der Waals surface area contributed by atoms with E-state index in [9.17, 15) is 8.42 Å². The van der Waals surface area contributed by atoms with E-state index in [0.29, 0.717) is 36.2 Å². The summed E-state index contributed by atoms with van der Waals surface area (Å²) in [6.45, 7) is 5.20. The molecule has 1 aromatic carbocycles. The number of aromatic nitrogens is 1. The molecule has 2 aliphatic rings. The van der Waals surface area contributed by atoms with Crippen molar-refractivity contribution in [3.8, 4) is 17.1 Å². The highest BCUT2D eigenvalue weighted by atomic mass is 32.2. The molecule has 29 heavy (non-hydrogen) atoms. The van der Waals surface area contributed by atoms with Crippen LogP contribution in [0.5, 0.6) is 5.75 Å². The SMILES string of the molecule is COc1ccc(-c2cc(C)no2)cc1S(=O)(=O)N1CCC(N2CCCCC2)CC1. The predicted octanol–water partition coefficient (Wildman–Crippen LogP) is 3.30. The van der Waals surface area contributed by atoms with Gasteiger partial charge in [0, 0.05) is 30.8 Å². The minimum Gasteiger partial charge on any atom is -0.495 e. The molecule has 0 bridgehead atoms. The van der Waals surface area contributed by atoms with Gasteiger partial charge in [-0.25, -0.2) is 8.42 Å². The zero-order chi connectivity index (χ0) is 20.4. The van der Waals surface area contributed by atoms with Crippen molar-refractivity contribution in [3.63, 3.8) is 0 Å². The van der Waals surface area contributed by atoms with Crippen molar-refractivity contribution in [3.05, 3.63) is 30.0 Å². The van der Waals surface area contributed by atoms with Crippen molar-refractivity contribution in [1.29, 1.82) is 0 Å². The van der Waals surface area contributed by atoms with Crippen molar-refractivity contribution >= 4 is 10.0 Å². The number of methoxy groups -OCH3 is 1. The van der Waals surface area contributed by atoms with Gasteiger partial charge in [0.25, 0.3) is 0 Å². The van der Waals surface area contributed by atoms with Crippen LogP contribution in [0, 0.1) is 6.92 Å². The number of benzene rings is 1. The first-order valence-electron chi connectivity index (χ1n) is 10.3. The third-order valence-corrected chi connectivity index (χ3v) is 7.94. The van der Waals surface area contributed by atoms with Crippen molar-refractivity contribution in [2.75, 3.05) is 33.3 Å². The molecule has 0 saturated carbocycles. The Bertz CT molecular complexity index is 943. The van der Waals surface area contributed by atoms with Crippen LogP contribution in [0.1, 0.15) is 37.8 Å². The summed E-state index contributed by atoms with van der Waals surface area (Å²) in [6.07, 6.45) is 5.57. The number of hydrogen-bond acceptors (Lipinski definition) is 6. The van der Waals surface area contributed by atoms with E-state index in [1.165, 1.54) is 26.4 Å². The van der Waals surface area contributed by atoms with Gasteiger partial charge >= 0.3 is 0 Å². The molecule has 2 saturated heterocycles. The zero-order valence-corrected chi connectivity index (χ0v) is 18.0. The fourth-order valence-electron chi connectivity index (χ4n) is 4.40. The van der Waals surface area contributed by atoms with Gasteiger partial charge in [0.15, 0.2) is 5.76 Å². The molecular weight excluding hydrogens is 390 g/mol. The largest absolute Gasteiger partial charge is 0.495 e. The number of rotatable bonds is 5. The molecule has 3 heterocycles. The Hall–Kier alpha value is -1.90. The van der Waals surface area contributed by atoms with Gasteiger partial charge in [-0.3, -0.25) is 0 Å². The molecule has 8 heteroatoms. The second kappa shape index (κ2) is 8.45. The Morgan fingerprint density at radius 3 is 2.41 bits per heavy atom. The van der Waals surface area contributed by atoms with Gasteiger partial charge in [0.1, 0.15) is 10.6 Å². The van der Waals surface area contributed by atoms with E-state index in [2.05, 4.69) is 10.1 Å². The van der Waals surface area contributed by atoms with Crippen LogP contribution in [-0.4, -0.2) is 62.1 Å². The first-order valence-corrected chi connectivity index (χ1v) is 11.8. The highest BCUT2D eigenvalue weighted by Gasteiger charge is 2.34. The van der Waals surface area contributed by atoms with Crippen molar-refractivity contribution in [2.45, 2.75) is 50.0 Å². The second-order valence-electron chi connectivity index (χ2n) is 7.93. The van der Waals surface area contributed by atoms with Crippen LogP contribution in [0.4, 0.5) is 0 Å². The summed E-state index contributed by atoms with van der Waals surface area (Å²) in [7, 11) is -2.16. The second-order valence-corrected chi connectivity index (χ2v) is 9.84. The Kier molecular flexibility index (Phi) is 5.94. The summed E-state index contributed by atoms with van der Waals surface area (Å²) in [6, 6.07) is 7.39. The first-order chi connectivity index (χ1) is 14.0. The fourth-order valence-corrected chi connectivity index (χ4v) is 6.05. The first kappa shape index (κ1) is 20.4. The minimum atomic E-state index is -3.65. The monoisotopic (exact) mass is 419 g/mol. The van der Waals surface area contributed by atoms with Crippen molar-refractivity contribution in [1.82, 2.24) is 14.4 Å². The lowest BCUT2D eigenvalue weighted by molar-refractivity contribution is 0.117. The van der Waals surface area contributed by atoms with Gasteiger partial charge in [-0.15, -0.1) is 0 Å². The lowest BCUT2D eigenvalue weighted by Gasteiger charge is -2.39. The Balaban J connectivity index is 1.55. The summed E-state index contributed by atoms with van der Waals surface area (Å²) >= 11 is 0. The number of likely N-dealkylation sites (tertiary alicyclic amines) is 1. The topological polar surface area (TPSA) is 75.9 Å². The summed E-state index contributed by atoms with van der Waals surface area (Å²) in [4.78, 5) is 2.73. The molecule has 0 unspecified atom stereocenters. The molecule has 4 rings (SSSR count). The number of aryl methyl sites for hydroxylation is 1. The van der Waals surface area contributed by atoms with Gasteiger partial charge in [0.05, 0.1) is 12.8 Å². The fraction of sp³-hybridized carbons (Fsp3) is 0.571. The van der Waals surface area contributed by atoms with Crippen LogP contribution in [-0.2, 0) is 10.0 Å². The quantitative estimate of drug-likeness (QED) is 0.740. The number of piperidine rings is 2. The van der Waals surface area contributed by atoms with E-state index in [1.807, 2.05) is 6.92 Å². The van der Waals surface area contributed by atoms with Gasteiger partial charge in [-0.1, -0.05) is 11.6 Å². The molecule has 0 radical (unpaired) electrons. The van der Waals surface area contributed by atoms with E-state index >= 15 is 0 Å². The molecule has 2 fully saturated rings. The Morgan fingerprint density at radius 1 is 1.07 bits per heavy atom. The summed E-state index contributed by atoms with van der Waals surface area (Å²) in [5, 5.41) is 3.90. The standard InChI is InChI=1S/C21H29N3O4S/c1-16-14-20(28-22-16)17-6-7-19(27-2)21(15-17)29(25,26)24-12-8-18(9-13-24)23-10-4-3-5-11-23/h6-7,14-15,18H,3-5,8-13H2,1-2H3. The molecule has 1 aromatic heterocycles. The van der Waals surface area contributed by atoms with Crippen LogP contribution < -0.4 is 4.74 Å². The molecule has 0 amide bonds. The van der Waals surface area contributed by atoms with Crippen molar-refractivity contribution in [2.24, 2.45) is 0 Å². The van der Waals surface area contributed by atoms with Gasteiger partial charge in [-0.05, 0) is 63.9 Å². The molecule has 158 valence electrons. The van der Waals surface area contributed by atoms with Crippen LogP contribution in [0.3, 0.4) is 0 Å².